The van der Waals surface area contributed by atoms with Gasteiger partial charge in [-0.15, -0.1) is 0 Å². The standard InChI is InChI=1S/C15H8Cl2F3NO2/c16-11-3-1-8(2-4-11)9-5-10(13(22)23)7-12(6-9)21-14(17)15(18,19)20/h1-7H,(H,22,23). The molecule has 0 aliphatic rings. The Bertz CT molecular complexity index is 771. The summed E-state index contributed by atoms with van der Waals surface area (Å²) in [5.74, 6) is -1.29. The molecule has 0 aliphatic carbocycles. The van der Waals surface area contributed by atoms with Crippen LogP contribution in [0.4, 0.5) is 18.9 Å². The molecule has 0 aliphatic heterocycles. The molecule has 2 rings (SSSR count). The summed E-state index contributed by atoms with van der Waals surface area (Å²) in [4.78, 5) is 14.4. The SMILES string of the molecule is O=C(O)c1cc(N=C(Cl)C(F)(F)F)cc(-c2ccc(Cl)cc2)c1. The maximum absolute atomic E-state index is 12.5. The number of carboxylic acids is 1. The van der Waals surface area contributed by atoms with E-state index in [4.69, 9.17) is 28.3 Å². The lowest BCUT2D eigenvalue weighted by Gasteiger charge is -2.07. The largest absolute Gasteiger partial charge is 0.478 e. The van der Waals surface area contributed by atoms with Crippen molar-refractivity contribution in [1.82, 2.24) is 0 Å². The van der Waals surface area contributed by atoms with Crippen molar-refractivity contribution in [1.29, 1.82) is 0 Å². The van der Waals surface area contributed by atoms with Gasteiger partial charge < -0.3 is 5.11 Å². The van der Waals surface area contributed by atoms with Crippen LogP contribution >= 0.6 is 23.2 Å². The first kappa shape index (κ1) is 17.3. The fraction of sp³-hybridized carbons (Fsp3) is 0.0667. The van der Waals surface area contributed by atoms with Gasteiger partial charge in [-0.1, -0.05) is 35.3 Å². The quantitative estimate of drug-likeness (QED) is 0.730. The van der Waals surface area contributed by atoms with Crippen LogP contribution in [0.3, 0.4) is 0 Å². The second-order valence-corrected chi connectivity index (χ2v) is 5.28. The molecule has 0 heterocycles. The lowest BCUT2D eigenvalue weighted by Crippen LogP contribution is -2.16. The van der Waals surface area contributed by atoms with Gasteiger partial charge in [0.25, 0.3) is 0 Å². The predicted octanol–water partition coefficient (Wildman–Crippen LogP) is 5.54. The van der Waals surface area contributed by atoms with Gasteiger partial charge in [0.1, 0.15) is 0 Å². The number of alkyl halides is 3. The summed E-state index contributed by atoms with van der Waals surface area (Å²) in [6, 6.07) is 10.0. The first-order chi connectivity index (χ1) is 10.7. The Hall–Kier alpha value is -2.05. The summed E-state index contributed by atoms with van der Waals surface area (Å²) in [6.45, 7) is 0. The highest BCUT2D eigenvalue weighted by Crippen LogP contribution is 2.30. The Kier molecular flexibility index (Phi) is 4.97. The third kappa shape index (κ3) is 4.46. The highest BCUT2D eigenvalue weighted by molar-refractivity contribution is 6.67. The van der Waals surface area contributed by atoms with Crippen molar-refractivity contribution < 1.29 is 23.1 Å². The fourth-order valence-electron chi connectivity index (χ4n) is 1.78. The summed E-state index contributed by atoms with van der Waals surface area (Å²) in [6.07, 6.45) is -4.80. The van der Waals surface area contributed by atoms with Crippen LogP contribution in [0.2, 0.25) is 5.02 Å². The lowest BCUT2D eigenvalue weighted by atomic mass is 10.0. The zero-order chi connectivity index (χ0) is 17.2. The van der Waals surface area contributed by atoms with E-state index < -0.39 is 17.3 Å². The van der Waals surface area contributed by atoms with Crippen LogP contribution in [0.5, 0.6) is 0 Å². The number of nitrogens with zero attached hydrogens (tertiary/aromatic N) is 1. The smallest absolute Gasteiger partial charge is 0.444 e. The molecule has 0 fully saturated rings. The molecular formula is C15H8Cl2F3NO2. The first-order valence-corrected chi connectivity index (χ1v) is 6.88. The van der Waals surface area contributed by atoms with Gasteiger partial charge >= 0.3 is 12.1 Å². The van der Waals surface area contributed by atoms with Crippen molar-refractivity contribution in [2.75, 3.05) is 0 Å². The first-order valence-electron chi connectivity index (χ1n) is 6.12. The monoisotopic (exact) mass is 361 g/mol. The summed E-state index contributed by atoms with van der Waals surface area (Å²) in [7, 11) is 0. The Morgan fingerprint density at radius 1 is 1.04 bits per heavy atom. The van der Waals surface area contributed by atoms with E-state index in [1.807, 2.05) is 0 Å². The normalized spacial score (nSPS) is 12.3. The molecule has 2 aromatic carbocycles. The molecule has 0 aromatic heterocycles. The van der Waals surface area contributed by atoms with Crippen LogP contribution in [0.1, 0.15) is 10.4 Å². The molecule has 1 N–H and O–H groups in total. The van der Waals surface area contributed by atoms with Gasteiger partial charge in [0.05, 0.1) is 11.3 Å². The van der Waals surface area contributed by atoms with Crippen molar-refractivity contribution >= 4 is 40.0 Å². The molecule has 8 heteroatoms. The highest BCUT2D eigenvalue weighted by Gasteiger charge is 2.34. The summed E-state index contributed by atoms with van der Waals surface area (Å²) >= 11 is 10.9. The van der Waals surface area contributed by atoms with Crippen LogP contribution in [0.15, 0.2) is 47.5 Å². The van der Waals surface area contributed by atoms with Crippen LogP contribution in [0.25, 0.3) is 11.1 Å². The van der Waals surface area contributed by atoms with E-state index in [0.29, 0.717) is 16.1 Å². The molecule has 0 saturated heterocycles. The van der Waals surface area contributed by atoms with Crippen LogP contribution in [0, 0.1) is 0 Å². The number of carbonyl (C=O) groups is 1. The molecule has 0 radical (unpaired) electrons. The number of hydrogen-bond acceptors (Lipinski definition) is 2. The van der Waals surface area contributed by atoms with E-state index in [1.165, 1.54) is 12.1 Å². The average molecular weight is 362 g/mol. The minimum Gasteiger partial charge on any atom is -0.478 e. The van der Waals surface area contributed by atoms with Crippen LogP contribution < -0.4 is 0 Å². The van der Waals surface area contributed by atoms with Crippen molar-refractivity contribution in [3.63, 3.8) is 0 Å². The maximum Gasteiger partial charge on any atom is 0.444 e. The van der Waals surface area contributed by atoms with Crippen LogP contribution in [-0.2, 0) is 0 Å². The number of benzene rings is 2. The molecule has 3 nitrogen and oxygen atoms in total. The lowest BCUT2D eigenvalue weighted by molar-refractivity contribution is -0.0558. The van der Waals surface area contributed by atoms with Crippen molar-refractivity contribution in [3.8, 4) is 11.1 Å². The second-order valence-electron chi connectivity index (χ2n) is 4.48. The van der Waals surface area contributed by atoms with Gasteiger partial charge in [-0.25, -0.2) is 9.79 Å². The fourth-order valence-corrected chi connectivity index (χ4v) is 2.01. The predicted molar refractivity (Wildman–Crippen MR) is 82.9 cm³/mol. The second kappa shape index (κ2) is 6.60. The van der Waals surface area contributed by atoms with Crippen molar-refractivity contribution in [3.05, 3.63) is 53.1 Å². The van der Waals surface area contributed by atoms with E-state index in [-0.39, 0.29) is 11.3 Å². The molecule has 0 atom stereocenters. The van der Waals surface area contributed by atoms with Crippen molar-refractivity contribution in [2.24, 2.45) is 4.99 Å². The van der Waals surface area contributed by atoms with E-state index in [1.54, 1.807) is 24.3 Å². The maximum atomic E-state index is 12.5. The highest BCUT2D eigenvalue weighted by atomic mass is 35.5. The topological polar surface area (TPSA) is 49.7 Å². The zero-order valence-corrected chi connectivity index (χ0v) is 12.7. The van der Waals surface area contributed by atoms with E-state index in [9.17, 15) is 18.0 Å². The molecular weight excluding hydrogens is 354 g/mol. The molecule has 2 aromatic rings. The zero-order valence-electron chi connectivity index (χ0n) is 11.2. The van der Waals surface area contributed by atoms with E-state index in [0.717, 1.165) is 6.07 Å². The van der Waals surface area contributed by atoms with Gasteiger partial charge in [-0.3, -0.25) is 0 Å². The van der Waals surface area contributed by atoms with Crippen LogP contribution in [-0.4, -0.2) is 22.4 Å². The number of halogens is 5. The third-order valence-electron chi connectivity index (χ3n) is 2.80. The third-order valence-corrected chi connectivity index (χ3v) is 3.35. The number of hydrogen-bond donors (Lipinski definition) is 1. The Morgan fingerprint density at radius 2 is 1.65 bits per heavy atom. The van der Waals surface area contributed by atoms with Gasteiger partial charge in [0.15, 0.2) is 0 Å². The number of rotatable bonds is 3. The molecule has 0 unspecified atom stereocenters. The van der Waals surface area contributed by atoms with Gasteiger partial charge in [-0.05, 0) is 41.5 Å². The van der Waals surface area contributed by atoms with Gasteiger partial charge in [0, 0.05) is 5.02 Å². The summed E-state index contributed by atoms with van der Waals surface area (Å²) < 4.78 is 37.4. The van der Waals surface area contributed by atoms with Crippen molar-refractivity contribution in [2.45, 2.75) is 6.18 Å². The summed E-state index contributed by atoms with van der Waals surface area (Å²) in [5, 5.41) is 7.99. The van der Waals surface area contributed by atoms with E-state index in [2.05, 4.69) is 4.99 Å². The number of aliphatic imine (C=N–C) groups is 1. The molecule has 23 heavy (non-hydrogen) atoms. The molecule has 120 valence electrons. The minimum absolute atomic E-state index is 0.206. The Balaban J connectivity index is 2.56. The minimum atomic E-state index is -4.80. The molecule has 0 saturated carbocycles. The van der Waals surface area contributed by atoms with E-state index >= 15 is 0 Å². The molecule has 0 spiro atoms. The molecule has 0 amide bonds. The Labute approximate surface area is 139 Å². The summed E-state index contributed by atoms with van der Waals surface area (Å²) in [5.41, 5.74) is 0.545. The number of carboxylic acid groups (broad SMARTS) is 1. The van der Waals surface area contributed by atoms with Gasteiger partial charge in [0.2, 0.25) is 5.17 Å². The van der Waals surface area contributed by atoms with Gasteiger partial charge in [-0.2, -0.15) is 13.2 Å². The molecule has 0 bridgehead atoms. The average Bonchev–Trinajstić information content (AvgIpc) is 2.46. The number of aromatic carboxylic acids is 1. The Morgan fingerprint density at radius 3 is 2.17 bits per heavy atom.